The Balaban J connectivity index is 2.94. The van der Waals surface area contributed by atoms with Gasteiger partial charge >= 0.3 is 5.97 Å². The number of carbonyl (C=O) groups excluding carboxylic acids is 1. The smallest absolute Gasteiger partial charge is 0.342 e. The standard InChI is InChI=1S/C12H16O4/c1-4-7-16-12(13)10-8-9(14-2)5-6-11(10)15-3/h5-6,8H,4,7H2,1-3H3. The molecular formula is C12H16O4. The molecule has 0 fully saturated rings. The molecule has 0 amide bonds. The lowest BCUT2D eigenvalue weighted by Crippen LogP contribution is -2.08. The van der Waals surface area contributed by atoms with Crippen LogP contribution in [0.1, 0.15) is 23.7 Å². The van der Waals surface area contributed by atoms with Crippen LogP contribution in [0, 0.1) is 0 Å². The van der Waals surface area contributed by atoms with Gasteiger partial charge in [0.1, 0.15) is 17.1 Å². The molecule has 1 aromatic carbocycles. The second-order valence-electron chi connectivity index (χ2n) is 3.20. The molecule has 0 unspecified atom stereocenters. The zero-order valence-corrected chi connectivity index (χ0v) is 9.78. The van der Waals surface area contributed by atoms with Gasteiger partial charge in [0.05, 0.1) is 20.8 Å². The summed E-state index contributed by atoms with van der Waals surface area (Å²) in [6, 6.07) is 5.02. The van der Waals surface area contributed by atoms with E-state index in [2.05, 4.69) is 0 Å². The fourth-order valence-corrected chi connectivity index (χ4v) is 1.25. The van der Waals surface area contributed by atoms with E-state index in [4.69, 9.17) is 14.2 Å². The summed E-state index contributed by atoms with van der Waals surface area (Å²) in [4.78, 5) is 11.7. The summed E-state index contributed by atoms with van der Waals surface area (Å²) in [6.45, 7) is 2.34. The van der Waals surface area contributed by atoms with Crippen LogP contribution >= 0.6 is 0 Å². The van der Waals surface area contributed by atoms with E-state index in [0.29, 0.717) is 23.7 Å². The zero-order valence-electron chi connectivity index (χ0n) is 9.78. The van der Waals surface area contributed by atoms with Crippen LogP contribution in [-0.4, -0.2) is 26.8 Å². The van der Waals surface area contributed by atoms with Crippen LogP contribution in [0.25, 0.3) is 0 Å². The molecule has 88 valence electrons. The van der Waals surface area contributed by atoms with Crippen LogP contribution in [0.15, 0.2) is 18.2 Å². The summed E-state index contributed by atoms with van der Waals surface area (Å²) in [5.74, 6) is 0.698. The Labute approximate surface area is 95.1 Å². The molecule has 4 heteroatoms. The van der Waals surface area contributed by atoms with Gasteiger partial charge in [-0.25, -0.2) is 4.79 Å². The first-order valence-corrected chi connectivity index (χ1v) is 5.12. The number of esters is 1. The van der Waals surface area contributed by atoms with Gasteiger partial charge in [-0.1, -0.05) is 6.92 Å². The summed E-state index contributed by atoms with van der Waals surface area (Å²) >= 11 is 0. The summed E-state index contributed by atoms with van der Waals surface area (Å²) < 4.78 is 15.2. The Morgan fingerprint density at radius 2 is 2.00 bits per heavy atom. The molecule has 0 spiro atoms. The maximum absolute atomic E-state index is 11.7. The Hall–Kier alpha value is -1.71. The maximum atomic E-state index is 11.7. The predicted molar refractivity (Wildman–Crippen MR) is 60.1 cm³/mol. The first-order chi connectivity index (χ1) is 7.72. The first kappa shape index (κ1) is 12.4. The minimum absolute atomic E-state index is 0.385. The fraction of sp³-hybridized carbons (Fsp3) is 0.417. The van der Waals surface area contributed by atoms with Gasteiger partial charge in [0, 0.05) is 0 Å². The van der Waals surface area contributed by atoms with Gasteiger partial charge in [0.2, 0.25) is 0 Å². The van der Waals surface area contributed by atoms with Gasteiger partial charge in [-0.3, -0.25) is 0 Å². The van der Waals surface area contributed by atoms with Crippen molar-refractivity contribution in [1.29, 1.82) is 0 Å². The second-order valence-corrected chi connectivity index (χ2v) is 3.20. The molecule has 1 aromatic rings. The third-order valence-corrected chi connectivity index (χ3v) is 2.06. The third-order valence-electron chi connectivity index (χ3n) is 2.06. The molecule has 0 aromatic heterocycles. The Bertz CT molecular complexity index is 360. The van der Waals surface area contributed by atoms with E-state index < -0.39 is 5.97 Å². The minimum Gasteiger partial charge on any atom is -0.497 e. The van der Waals surface area contributed by atoms with Crippen LogP contribution in [-0.2, 0) is 4.74 Å². The molecule has 0 saturated carbocycles. The van der Waals surface area contributed by atoms with Crippen molar-refractivity contribution in [2.24, 2.45) is 0 Å². The van der Waals surface area contributed by atoms with E-state index in [1.807, 2.05) is 6.92 Å². The number of hydrogen-bond acceptors (Lipinski definition) is 4. The fourth-order valence-electron chi connectivity index (χ4n) is 1.25. The second kappa shape index (κ2) is 6.00. The van der Waals surface area contributed by atoms with Gasteiger partial charge in [0.15, 0.2) is 0 Å². The van der Waals surface area contributed by atoms with Crippen molar-refractivity contribution < 1.29 is 19.0 Å². The molecule has 0 aliphatic rings. The van der Waals surface area contributed by atoms with Crippen molar-refractivity contribution in [2.45, 2.75) is 13.3 Å². The Kier molecular flexibility index (Phi) is 4.64. The van der Waals surface area contributed by atoms with Crippen molar-refractivity contribution in [3.05, 3.63) is 23.8 Å². The first-order valence-electron chi connectivity index (χ1n) is 5.12. The van der Waals surface area contributed by atoms with Crippen LogP contribution < -0.4 is 9.47 Å². The van der Waals surface area contributed by atoms with Crippen molar-refractivity contribution >= 4 is 5.97 Å². The molecule has 16 heavy (non-hydrogen) atoms. The van der Waals surface area contributed by atoms with Gasteiger partial charge in [0.25, 0.3) is 0 Å². The average molecular weight is 224 g/mol. The highest BCUT2D eigenvalue weighted by molar-refractivity contribution is 5.93. The summed E-state index contributed by atoms with van der Waals surface area (Å²) in [6.07, 6.45) is 0.790. The van der Waals surface area contributed by atoms with Crippen molar-refractivity contribution in [3.8, 4) is 11.5 Å². The van der Waals surface area contributed by atoms with Crippen LogP contribution in [0.4, 0.5) is 0 Å². The quantitative estimate of drug-likeness (QED) is 0.720. The summed E-state index contributed by atoms with van der Waals surface area (Å²) in [7, 11) is 3.06. The van der Waals surface area contributed by atoms with Crippen molar-refractivity contribution in [2.75, 3.05) is 20.8 Å². The molecule has 0 heterocycles. The van der Waals surface area contributed by atoms with E-state index in [1.54, 1.807) is 25.3 Å². The number of hydrogen-bond donors (Lipinski definition) is 0. The zero-order chi connectivity index (χ0) is 12.0. The summed E-state index contributed by atoms with van der Waals surface area (Å²) in [5.41, 5.74) is 0.385. The van der Waals surface area contributed by atoms with E-state index in [-0.39, 0.29) is 0 Å². The van der Waals surface area contributed by atoms with Gasteiger partial charge in [-0.2, -0.15) is 0 Å². The third kappa shape index (κ3) is 2.89. The molecule has 4 nitrogen and oxygen atoms in total. The van der Waals surface area contributed by atoms with Crippen molar-refractivity contribution in [1.82, 2.24) is 0 Å². The normalized spacial score (nSPS) is 9.69. The predicted octanol–water partition coefficient (Wildman–Crippen LogP) is 2.27. The highest BCUT2D eigenvalue weighted by Crippen LogP contribution is 2.24. The van der Waals surface area contributed by atoms with Crippen LogP contribution in [0.2, 0.25) is 0 Å². The maximum Gasteiger partial charge on any atom is 0.342 e. The number of rotatable bonds is 5. The molecule has 0 N–H and O–H groups in total. The number of carbonyl (C=O) groups is 1. The van der Waals surface area contributed by atoms with E-state index in [0.717, 1.165) is 6.42 Å². The highest BCUT2D eigenvalue weighted by Gasteiger charge is 2.14. The van der Waals surface area contributed by atoms with Gasteiger partial charge in [-0.15, -0.1) is 0 Å². The molecule has 1 rings (SSSR count). The molecule has 0 atom stereocenters. The van der Waals surface area contributed by atoms with Gasteiger partial charge < -0.3 is 14.2 Å². The monoisotopic (exact) mass is 224 g/mol. The van der Waals surface area contributed by atoms with E-state index >= 15 is 0 Å². The molecule has 0 radical (unpaired) electrons. The Morgan fingerprint density at radius 3 is 2.56 bits per heavy atom. The SMILES string of the molecule is CCCOC(=O)c1cc(OC)ccc1OC. The molecule has 0 aliphatic carbocycles. The van der Waals surface area contributed by atoms with Gasteiger partial charge in [-0.05, 0) is 24.6 Å². The molecule has 0 saturated heterocycles. The molecule has 0 bridgehead atoms. The lowest BCUT2D eigenvalue weighted by Gasteiger charge is -2.09. The van der Waals surface area contributed by atoms with E-state index in [9.17, 15) is 4.79 Å². The van der Waals surface area contributed by atoms with Crippen LogP contribution in [0.5, 0.6) is 11.5 Å². The lowest BCUT2D eigenvalue weighted by atomic mass is 10.2. The molecular weight excluding hydrogens is 208 g/mol. The Morgan fingerprint density at radius 1 is 1.25 bits per heavy atom. The summed E-state index contributed by atoms with van der Waals surface area (Å²) in [5, 5.41) is 0. The number of ether oxygens (including phenoxy) is 3. The largest absolute Gasteiger partial charge is 0.497 e. The highest BCUT2D eigenvalue weighted by atomic mass is 16.5. The number of methoxy groups -OCH3 is 2. The minimum atomic E-state index is -0.391. The topological polar surface area (TPSA) is 44.8 Å². The van der Waals surface area contributed by atoms with E-state index in [1.165, 1.54) is 7.11 Å². The lowest BCUT2D eigenvalue weighted by molar-refractivity contribution is 0.0501. The average Bonchev–Trinajstić information content (AvgIpc) is 2.35. The number of benzene rings is 1. The van der Waals surface area contributed by atoms with Crippen molar-refractivity contribution in [3.63, 3.8) is 0 Å². The molecule has 0 aliphatic heterocycles. The van der Waals surface area contributed by atoms with Crippen LogP contribution in [0.3, 0.4) is 0 Å².